The number of halogens is 4. The third-order valence-corrected chi connectivity index (χ3v) is 5.40. The molecule has 3 rings (SSSR count). The summed E-state index contributed by atoms with van der Waals surface area (Å²) in [6.45, 7) is 0.546. The molecule has 11 heteroatoms. The van der Waals surface area contributed by atoms with Crippen molar-refractivity contribution in [2.75, 3.05) is 19.7 Å². The average molecular weight is 457 g/mol. The van der Waals surface area contributed by atoms with Gasteiger partial charge < -0.3 is 20.7 Å². The highest BCUT2D eigenvalue weighted by molar-refractivity contribution is 6.30. The van der Waals surface area contributed by atoms with Crippen molar-refractivity contribution in [2.24, 2.45) is 5.73 Å². The van der Waals surface area contributed by atoms with Gasteiger partial charge in [0.05, 0.1) is 0 Å². The number of hydrogen-bond donors (Lipinski definition) is 2. The van der Waals surface area contributed by atoms with E-state index in [1.165, 1.54) is 23.2 Å². The van der Waals surface area contributed by atoms with Gasteiger partial charge in [0.15, 0.2) is 6.61 Å². The zero-order valence-electron chi connectivity index (χ0n) is 16.4. The van der Waals surface area contributed by atoms with E-state index in [0.717, 1.165) is 0 Å². The molecule has 1 saturated heterocycles. The molecule has 1 aromatic carbocycles. The summed E-state index contributed by atoms with van der Waals surface area (Å²) in [5.74, 6) is -1.38. The van der Waals surface area contributed by atoms with Crippen LogP contribution in [0.5, 0.6) is 5.88 Å². The first-order valence-electron chi connectivity index (χ1n) is 9.28. The first-order valence-corrected chi connectivity index (χ1v) is 9.66. The molecule has 1 aliphatic rings. The summed E-state index contributed by atoms with van der Waals surface area (Å²) in [6, 6.07) is 8.69. The second-order valence-corrected chi connectivity index (χ2v) is 7.65. The lowest BCUT2D eigenvalue weighted by atomic mass is 9.74. The van der Waals surface area contributed by atoms with Gasteiger partial charge in [0.25, 0.3) is 0 Å². The summed E-state index contributed by atoms with van der Waals surface area (Å²) in [5, 5.41) is 3.23. The number of carbonyl (C=O) groups excluding carboxylic acids is 2. The first-order chi connectivity index (χ1) is 14.5. The van der Waals surface area contributed by atoms with E-state index in [0.29, 0.717) is 16.1 Å². The highest BCUT2D eigenvalue weighted by Gasteiger charge is 2.51. The fraction of sp³-hybridized carbons (Fsp3) is 0.350. The van der Waals surface area contributed by atoms with Gasteiger partial charge in [-0.15, -0.1) is 0 Å². The van der Waals surface area contributed by atoms with Crippen molar-refractivity contribution in [2.45, 2.75) is 24.6 Å². The van der Waals surface area contributed by atoms with Gasteiger partial charge in [0.1, 0.15) is 5.54 Å². The predicted molar refractivity (Wildman–Crippen MR) is 107 cm³/mol. The van der Waals surface area contributed by atoms with E-state index in [4.69, 9.17) is 17.3 Å². The van der Waals surface area contributed by atoms with E-state index in [9.17, 15) is 22.8 Å². The van der Waals surface area contributed by atoms with E-state index < -0.39 is 36.2 Å². The Labute approximate surface area is 181 Å². The second kappa shape index (κ2) is 8.62. The van der Waals surface area contributed by atoms with E-state index in [1.807, 2.05) is 0 Å². The molecule has 3 amide bonds. The summed E-state index contributed by atoms with van der Waals surface area (Å²) in [6.07, 6.45) is -3.18. The smallest absolute Gasteiger partial charge is 0.422 e. The quantitative estimate of drug-likeness (QED) is 0.722. The van der Waals surface area contributed by atoms with E-state index in [1.54, 1.807) is 31.2 Å². The van der Waals surface area contributed by atoms with Crippen LogP contribution in [0.3, 0.4) is 0 Å². The summed E-state index contributed by atoms with van der Waals surface area (Å²) < 4.78 is 41.9. The second-order valence-electron chi connectivity index (χ2n) is 7.21. The molecule has 3 N–H and O–H groups in total. The molecule has 1 fully saturated rings. The number of piperazine rings is 1. The maximum Gasteiger partial charge on any atom is 0.422 e. The van der Waals surface area contributed by atoms with Crippen molar-refractivity contribution in [3.05, 3.63) is 58.7 Å². The number of nitrogens with two attached hydrogens (primary N) is 1. The van der Waals surface area contributed by atoms with Crippen LogP contribution in [0.1, 0.15) is 24.0 Å². The molecular weight excluding hydrogens is 437 g/mol. The highest BCUT2D eigenvalue weighted by Crippen LogP contribution is 2.40. The normalized spacial score (nSPS) is 20.2. The number of benzene rings is 1. The zero-order valence-corrected chi connectivity index (χ0v) is 17.2. The average Bonchev–Trinajstić information content (AvgIpc) is 2.70. The molecular formula is C20H20ClF3N4O3. The molecule has 1 aliphatic heterocycles. The molecule has 0 aliphatic carbocycles. The largest absolute Gasteiger partial charge is 0.468 e. The topological polar surface area (TPSA) is 97.6 Å². The molecule has 0 bridgehead atoms. The Bertz CT molecular complexity index is 954. The number of nitrogens with one attached hydrogen (secondary N) is 1. The molecule has 1 aromatic heterocycles. The Hall–Kier alpha value is -3.01. The molecule has 0 saturated carbocycles. The first kappa shape index (κ1) is 22.7. The molecule has 2 aromatic rings. The van der Waals surface area contributed by atoms with Gasteiger partial charge in [-0.05, 0) is 30.2 Å². The fourth-order valence-electron chi connectivity index (χ4n) is 3.74. The van der Waals surface area contributed by atoms with E-state index in [2.05, 4.69) is 15.0 Å². The summed E-state index contributed by atoms with van der Waals surface area (Å²) in [5.41, 5.74) is 5.27. The minimum absolute atomic E-state index is 0.196. The van der Waals surface area contributed by atoms with Crippen LogP contribution in [0.2, 0.25) is 5.02 Å². The van der Waals surface area contributed by atoms with E-state index >= 15 is 0 Å². The van der Waals surface area contributed by atoms with Crippen LogP contribution in [-0.2, 0) is 4.79 Å². The number of aromatic nitrogens is 1. The van der Waals surface area contributed by atoms with Crippen LogP contribution in [0.25, 0.3) is 0 Å². The van der Waals surface area contributed by atoms with Gasteiger partial charge in [-0.25, -0.2) is 9.78 Å². The molecule has 7 nitrogen and oxygen atoms in total. The van der Waals surface area contributed by atoms with Gasteiger partial charge in [-0.1, -0.05) is 29.8 Å². The minimum atomic E-state index is -4.50. The summed E-state index contributed by atoms with van der Waals surface area (Å²) in [7, 11) is 0. The molecule has 2 atom stereocenters. The zero-order chi connectivity index (χ0) is 22.8. The predicted octanol–water partition coefficient (Wildman–Crippen LogP) is 3.08. The van der Waals surface area contributed by atoms with Crippen LogP contribution >= 0.6 is 11.6 Å². The number of hydrogen-bond acceptors (Lipinski definition) is 4. The van der Waals surface area contributed by atoms with Crippen LogP contribution in [0, 0.1) is 0 Å². The summed E-state index contributed by atoms with van der Waals surface area (Å²) in [4.78, 5) is 30.4. The maximum atomic E-state index is 13.0. The van der Waals surface area contributed by atoms with E-state index in [-0.39, 0.29) is 19.0 Å². The van der Waals surface area contributed by atoms with Crippen LogP contribution in [-0.4, -0.2) is 53.2 Å². The monoisotopic (exact) mass is 456 g/mol. The van der Waals surface area contributed by atoms with Crippen LogP contribution in [0.15, 0.2) is 42.6 Å². The Morgan fingerprint density at radius 1 is 1.29 bits per heavy atom. The lowest BCUT2D eigenvalue weighted by molar-refractivity contribution is -0.154. The lowest BCUT2D eigenvalue weighted by Crippen LogP contribution is -2.68. The molecule has 0 spiro atoms. The van der Waals surface area contributed by atoms with Gasteiger partial charge in [-0.3, -0.25) is 4.79 Å². The lowest BCUT2D eigenvalue weighted by Gasteiger charge is -2.47. The number of pyridine rings is 1. The van der Waals surface area contributed by atoms with Crippen molar-refractivity contribution in [3.63, 3.8) is 0 Å². The Balaban J connectivity index is 2.06. The molecule has 1 unspecified atom stereocenters. The third-order valence-electron chi connectivity index (χ3n) is 5.15. The maximum absolute atomic E-state index is 13.0. The van der Waals surface area contributed by atoms with Crippen molar-refractivity contribution in [3.8, 4) is 5.88 Å². The Morgan fingerprint density at radius 3 is 2.48 bits per heavy atom. The fourth-order valence-corrected chi connectivity index (χ4v) is 3.87. The van der Waals surface area contributed by atoms with Crippen LogP contribution < -0.4 is 15.8 Å². The summed E-state index contributed by atoms with van der Waals surface area (Å²) >= 11 is 6.00. The number of alkyl halides is 3. The Kier molecular flexibility index (Phi) is 6.30. The number of nitrogens with zero attached hydrogens (tertiary/aromatic N) is 2. The van der Waals surface area contributed by atoms with Gasteiger partial charge in [0, 0.05) is 36.3 Å². The van der Waals surface area contributed by atoms with Gasteiger partial charge in [0.2, 0.25) is 11.8 Å². The SMILES string of the molecule is CC1([C@H](c2ccc(Cl)cc2)c2ccc(OCC(F)(F)F)nc2)C(=O)NCCN1C(N)=O. The number of rotatable bonds is 5. The van der Waals surface area contributed by atoms with Crippen molar-refractivity contribution in [1.82, 2.24) is 15.2 Å². The molecule has 0 radical (unpaired) electrons. The van der Waals surface area contributed by atoms with Crippen molar-refractivity contribution in [1.29, 1.82) is 0 Å². The van der Waals surface area contributed by atoms with Crippen molar-refractivity contribution >= 4 is 23.5 Å². The molecule has 166 valence electrons. The number of carbonyl (C=O) groups is 2. The number of primary amides is 1. The van der Waals surface area contributed by atoms with Crippen LogP contribution in [0.4, 0.5) is 18.0 Å². The number of amides is 3. The van der Waals surface area contributed by atoms with Crippen molar-refractivity contribution < 1.29 is 27.5 Å². The minimum Gasteiger partial charge on any atom is -0.468 e. The standard InChI is InChI=1S/C20H20ClF3N4O3/c1-19(17(29)26-8-9-28(19)18(25)30)16(12-2-5-14(21)6-3-12)13-4-7-15(27-10-13)31-11-20(22,23)24/h2-7,10,16H,8-9,11H2,1H3,(H2,25,30)(H,26,29)/t16-,19?/m1/s1. The third kappa shape index (κ3) is 4.84. The van der Waals surface area contributed by atoms with Gasteiger partial charge in [-0.2, -0.15) is 13.2 Å². The number of ether oxygens (including phenoxy) is 1. The highest BCUT2D eigenvalue weighted by atomic mass is 35.5. The molecule has 2 heterocycles. The number of urea groups is 1. The van der Waals surface area contributed by atoms with Gasteiger partial charge >= 0.3 is 12.2 Å². The molecule has 31 heavy (non-hydrogen) atoms. The Morgan fingerprint density at radius 2 is 1.94 bits per heavy atom.